The lowest BCUT2D eigenvalue weighted by atomic mass is 10.0. The van der Waals surface area contributed by atoms with Gasteiger partial charge in [0, 0.05) is 22.8 Å². The summed E-state index contributed by atoms with van der Waals surface area (Å²) >= 11 is 2.96. The normalized spacial score (nSPS) is 25.2. The van der Waals surface area contributed by atoms with E-state index in [1.54, 1.807) is 0 Å². The van der Waals surface area contributed by atoms with Crippen LogP contribution >= 0.6 is 15.9 Å². The van der Waals surface area contributed by atoms with E-state index in [0.29, 0.717) is 0 Å². The molecule has 90 valence electrons. The first kappa shape index (κ1) is 12.8. The van der Waals surface area contributed by atoms with E-state index in [0.717, 1.165) is 0 Å². The van der Waals surface area contributed by atoms with Crippen molar-refractivity contribution >= 4 is 21.8 Å². The highest BCUT2D eigenvalue weighted by atomic mass is 79.9. The van der Waals surface area contributed by atoms with Gasteiger partial charge in [-0.2, -0.15) is 0 Å². The summed E-state index contributed by atoms with van der Waals surface area (Å²) in [5, 5.41) is 21.4. The van der Waals surface area contributed by atoms with Crippen molar-refractivity contribution < 1.29 is 14.6 Å². The molecule has 0 aliphatic carbocycles. The molecule has 0 bridgehead atoms. The average molecular weight is 296 g/mol. The van der Waals surface area contributed by atoms with Gasteiger partial charge >= 0.3 is 0 Å². The number of carbonyl (C=O) groups excluding carboxylic acids is 1. The number of rotatable bonds is 3. The van der Waals surface area contributed by atoms with Gasteiger partial charge in [-0.3, -0.25) is 25.0 Å². The number of piperidine rings is 1. The molecule has 0 N–H and O–H groups in total. The molecule has 9 heteroatoms. The summed E-state index contributed by atoms with van der Waals surface area (Å²) in [5.74, 6) is -0.284. The number of carbonyl (C=O) groups is 1. The maximum Gasteiger partial charge on any atom is 0.296 e. The van der Waals surface area contributed by atoms with Crippen molar-refractivity contribution in [2.45, 2.75) is 18.5 Å². The Balaban J connectivity index is 2.76. The quantitative estimate of drug-likeness (QED) is 0.411. The predicted molar refractivity (Wildman–Crippen MR) is 56.6 cm³/mol. The van der Waals surface area contributed by atoms with E-state index in [4.69, 9.17) is 0 Å². The van der Waals surface area contributed by atoms with Gasteiger partial charge in [-0.1, -0.05) is 15.9 Å². The van der Waals surface area contributed by atoms with E-state index in [-0.39, 0.29) is 30.7 Å². The minimum absolute atomic E-state index is 0.0252. The molecule has 1 heterocycles. The summed E-state index contributed by atoms with van der Waals surface area (Å²) in [6.07, 6.45) is 0.0252. The summed E-state index contributed by atoms with van der Waals surface area (Å²) in [6.45, 7) is 0.00347. The monoisotopic (exact) mass is 295 g/mol. The van der Waals surface area contributed by atoms with Crippen molar-refractivity contribution in [3.05, 3.63) is 20.2 Å². The fourth-order valence-electron chi connectivity index (χ4n) is 1.68. The van der Waals surface area contributed by atoms with Crippen LogP contribution < -0.4 is 0 Å². The zero-order valence-electron chi connectivity index (χ0n) is 8.24. The summed E-state index contributed by atoms with van der Waals surface area (Å²) in [5.41, 5.74) is 0. The van der Waals surface area contributed by atoms with Crippen molar-refractivity contribution in [2.75, 3.05) is 18.4 Å². The number of amides is 1. The van der Waals surface area contributed by atoms with E-state index < -0.39 is 21.9 Å². The van der Waals surface area contributed by atoms with Crippen LogP contribution in [0.5, 0.6) is 0 Å². The second-order valence-corrected chi connectivity index (χ2v) is 4.03. The molecular formula is C7H10BrN3O5. The van der Waals surface area contributed by atoms with E-state index in [2.05, 4.69) is 15.9 Å². The summed E-state index contributed by atoms with van der Waals surface area (Å²) < 4.78 is 0. The van der Waals surface area contributed by atoms with E-state index >= 15 is 0 Å². The lowest BCUT2D eigenvalue weighted by Crippen LogP contribution is -2.55. The Kier molecular flexibility index (Phi) is 4.16. The number of likely N-dealkylation sites (tertiary alicyclic amines) is 1. The van der Waals surface area contributed by atoms with Crippen LogP contribution in [-0.4, -0.2) is 51.2 Å². The van der Waals surface area contributed by atoms with Crippen LogP contribution in [0, 0.1) is 20.2 Å². The number of alkyl halides is 1. The van der Waals surface area contributed by atoms with Crippen LogP contribution in [0.3, 0.4) is 0 Å². The largest absolute Gasteiger partial charge is 0.335 e. The first-order chi connectivity index (χ1) is 7.47. The number of nitro groups is 2. The maximum atomic E-state index is 11.3. The van der Waals surface area contributed by atoms with Gasteiger partial charge in [-0.15, -0.1) is 0 Å². The molecule has 0 saturated carbocycles. The fourth-order valence-corrected chi connectivity index (χ4v) is 2.04. The summed E-state index contributed by atoms with van der Waals surface area (Å²) in [7, 11) is 0. The zero-order chi connectivity index (χ0) is 12.3. The second-order valence-electron chi connectivity index (χ2n) is 3.47. The molecule has 1 aliphatic rings. The van der Waals surface area contributed by atoms with Gasteiger partial charge in [0.25, 0.3) is 12.1 Å². The van der Waals surface area contributed by atoms with Crippen LogP contribution in [0.4, 0.5) is 0 Å². The van der Waals surface area contributed by atoms with Gasteiger partial charge in [-0.25, -0.2) is 0 Å². The minimum Gasteiger partial charge on any atom is -0.335 e. The maximum absolute atomic E-state index is 11.3. The molecule has 1 aliphatic heterocycles. The molecule has 2 unspecified atom stereocenters. The number of hydrogen-bond donors (Lipinski definition) is 0. The molecule has 0 aromatic carbocycles. The Morgan fingerprint density at radius 1 is 1.31 bits per heavy atom. The van der Waals surface area contributed by atoms with Gasteiger partial charge in [-0.05, 0) is 0 Å². The highest BCUT2D eigenvalue weighted by Crippen LogP contribution is 2.16. The Labute approximate surface area is 99.0 Å². The minimum atomic E-state index is -1.31. The number of hydrogen-bond acceptors (Lipinski definition) is 5. The molecule has 1 rings (SSSR count). The van der Waals surface area contributed by atoms with Gasteiger partial charge in [0.2, 0.25) is 5.91 Å². The SMILES string of the molecule is O=C(CBr)N1CCC([N+](=O)[O-])C([N+](=O)[O-])C1. The molecule has 8 nitrogen and oxygen atoms in total. The molecular weight excluding hydrogens is 286 g/mol. The Hall–Kier alpha value is -1.25. The van der Waals surface area contributed by atoms with E-state index in [1.807, 2.05) is 0 Å². The molecule has 0 spiro atoms. The lowest BCUT2D eigenvalue weighted by molar-refractivity contribution is -0.621. The average Bonchev–Trinajstić information content (AvgIpc) is 2.26. The van der Waals surface area contributed by atoms with Gasteiger partial charge in [0.1, 0.15) is 0 Å². The third-order valence-corrected chi connectivity index (χ3v) is 3.03. The molecule has 0 radical (unpaired) electrons. The predicted octanol–water partition coefficient (Wildman–Crippen LogP) is -0.0958. The van der Waals surface area contributed by atoms with Crippen LogP contribution in [0.1, 0.15) is 6.42 Å². The highest BCUT2D eigenvalue weighted by molar-refractivity contribution is 9.09. The van der Waals surface area contributed by atoms with Crippen LogP contribution in [0.15, 0.2) is 0 Å². The van der Waals surface area contributed by atoms with Crippen molar-refractivity contribution in [2.24, 2.45) is 0 Å². The first-order valence-electron chi connectivity index (χ1n) is 4.58. The fraction of sp³-hybridized carbons (Fsp3) is 0.857. The molecule has 1 saturated heterocycles. The highest BCUT2D eigenvalue weighted by Gasteiger charge is 2.46. The van der Waals surface area contributed by atoms with Crippen LogP contribution in [-0.2, 0) is 4.79 Å². The van der Waals surface area contributed by atoms with Crippen molar-refractivity contribution in [1.82, 2.24) is 4.90 Å². The van der Waals surface area contributed by atoms with Crippen molar-refractivity contribution in [3.63, 3.8) is 0 Å². The summed E-state index contributed by atoms with van der Waals surface area (Å²) in [4.78, 5) is 32.5. The third-order valence-electron chi connectivity index (χ3n) is 2.55. The van der Waals surface area contributed by atoms with Gasteiger partial charge in [0.05, 0.1) is 11.9 Å². The number of nitrogens with zero attached hydrogens (tertiary/aromatic N) is 3. The molecule has 1 amide bonds. The summed E-state index contributed by atoms with van der Waals surface area (Å²) in [6, 6.07) is -2.51. The van der Waals surface area contributed by atoms with E-state index in [9.17, 15) is 25.0 Å². The first-order valence-corrected chi connectivity index (χ1v) is 5.70. The van der Waals surface area contributed by atoms with Gasteiger partial charge in [0.15, 0.2) is 0 Å². The van der Waals surface area contributed by atoms with Crippen LogP contribution in [0.2, 0.25) is 0 Å². The Bertz CT molecular complexity index is 323. The Morgan fingerprint density at radius 2 is 1.88 bits per heavy atom. The number of halogens is 1. The van der Waals surface area contributed by atoms with Gasteiger partial charge < -0.3 is 4.90 Å². The molecule has 2 atom stereocenters. The molecule has 0 aromatic rings. The lowest BCUT2D eigenvalue weighted by Gasteiger charge is -2.29. The molecule has 16 heavy (non-hydrogen) atoms. The molecule has 1 fully saturated rings. The Morgan fingerprint density at radius 3 is 2.31 bits per heavy atom. The molecule has 0 aromatic heterocycles. The van der Waals surface area contributed by atoms with Crippen molar-refractivity contribution in [1.29, 1.82) is 0 Å². The van der Waals surface area contributed by atoms with Crippen molar-refractivity contribution in [3.8, 4) is 0 Å². The van der Waals surface area contributed by atoms with E-state index in [1.165, 1.54) is 4.90 Å². The second kappa shape index (κ2) is 5.19. The van der Waals surface area contributed by atoms with Crippen LogP contribution in [0.25, 0.3) is 0 Å². The topological polar surface area (TPSA) is 107 Å². The smallest absolute Gasteiger partial charge is 0.296 e. The third kappa shape index (κ3) is 2.65. The standard InChI is InChI=1S/C7H10BrN3O5/c8-3-7(12)9-2-1-5(10(13)14)6(4-9)11(15)16/h5-6H,1-4H2. The zero-order valence-corrected chi connectivity index (χ0v) is 9.83.